The summed E-state index contributed by atoms with van der Waals surface area (Å²) < 4.78 is 41.5. The van der Waals surface area contributed by atoms with Crippen molar-refractivity contribution in [2.45, 2.75) is 44.9 Å². The molecule has 0 saturated carbocycles. The standard InChI is InChI=1S/C14H19F3O2/c1-2-3-10-19-12-6-4-11(5-7-12)13(18)8-9-14(15,16)17/h4-7,13,18H,2-3,8-10H2,1H3. The van der Waals surface area contributed by atoms with Gasteiger partial charge in [0, 0.05) is 6.42 Å². The van der Waals surface area contributed by atoms with Crippen LogP contribution in [0.1, 0.15) is 44.3 Å². The van der Waals surface area contributed by atoms with Gasteiger partial charge in [-0.05, 0) is 30.5 Å². The molecule has 1 rings (SSSR count). The smallest absolute Gasteiger partial charge is 0.389 e. The van der Waals surface area contributed by atoms with Crippen molar-refractivity contribution in [3.05, 3.63) is 29.8 Å². The molecule has 0 fully saturated rings. The first-order chi connectivity index (χ1) is 8.92. The van der Waals surface area contributed by atoms with Crippen LogP contribution < -0.4 is 4.74 Å². The quantitative estimate of drug-likeness (QED) is 0.755. The molecule has 5 heteroatoms. The molecule has 0 aliphatic rings. The van der Waals surface area contributed by atoms with Crippen molar-refractivity contribution >= 4 is 0 Å². The van der Waals surface area contributed by atoms with Crippen molar-refractivity contribution < 1.29 is 23.0 Å². The van der Waals surface area contributed by atoms with E-state index in [9.17, 15) is 18.3 Å². The Morgan fingerprint density at radius 1 is 1.21 bits per heavy atom. The molecule has 0 aliphatic carbocycles. The fraction of sp³-hybridized carbons (Fsp3) is 0.571. The minimum absolute atomic E-state index is 0.320. The van der Waals surface area contributed by atoms with Gasteiger partial charge in [0.05, 0.1) is 12.7 Å². The minimum atomic E-state index is -4.23. The summed E-state index contributed by atoms with van der Waals surface area (Å²) in [4.78, 5) is 0. The fourth-order valence-corrected chi connectivity index (χ4v) is 1.59. The molecular weight excluding hydrogens is 257 g/mol. The van der Waals surface area contributed by atoms with E-state index < -0.39 is 18.7 Å². The van der Waals surface area contributed by atoms with Gasteiger partial charge in [0.2, 0.25) is 0 Å². The number of hydrogen-bond donors (Lipinski definition) is 1. The van der Waals surface area contributed by atoms with E-state index >= 15 is 0 Å². The van der Waals surface area contributed by atoms with Crippen molar-refractivity contribution in [3.8, 4) is 5.75 Å². The fourth-order valence-electron chi connectivity index (χ4n) is 1.59. The first-order valence-corrected chi connectivity index (χ1v) is 6.40. The van der Waals surface area contributed by atoms with Crippen LogP contribution in [0, 0.1) is 0 Å². The predicted molar refractivity (Wildman–Crippen MR) is 67.1 cm³/mol. The number of halogens is 3. The van der Waals surface area contributed by atoms with Gasteiger partial charge in [-0.15, -0.1) is 0 Å². The van der Waals surface area contributed by atoms with Gasteiger partial charge in [0.25, 0.3) is 0 Å². The van der Waals surface area contributed by atoms with Crippen LogP contribution in [0.25, 0.3) is 0 Å². The topological polar surface area (TPSA) is 29.5 Å². The highest BCUT2D eigenvalue weighted by Gasteiger charge is 2.28. The highest BCUT2D eigenvalue weighted by Crippen LogP contribution is 2.28. The number of hydrogen-bond acceptors (Lipinski definition) is 2. The second-order valence-electron chi connectivity index (χ2n) is 4.44. The molecule has 0 heterocycles. The van der Waals surface area contributed by atoms with E-state index in [0.29, 0.717) is 17.9 Å². The average Bonchev–Trinajstić information content (AvgIpc) is 2.36. The largest absolute Gasteiger partial charge is 0.494 e. The first-order valence-electron chi connectivity index (χ1n) is 6.40. The van der Waals surface area contributed by atoms with Gasteiger partial charge in [0.15, 0.2) is 0 Å². The molecule has 1 N–H and O–H groups in total. The van der Waals surface area contributed by atoms with E-state index in [-0.39, 0.29) is 6.42 Å². The lowest BCUT2D eigenvalue weighted by atomic mass is 10.0. The molecule has 19 heavy (non-hydrogen) atoms. The zero-order chi connectivity index (χ0) is 14.3. The third kappa shape index (κ3) is 6.47. The molecule has 1 aromatic carbocycles. The number of aliphatic hydroxyl groups is 1. The maximum Gasteiger partial charge on any atom is 0.389 e. The molecule has 0 aliphatic heterocycles. The summed E-state index contributed by atoms with van der Waals surface area (Å²) in [5.41, 5.74) is 0.479. The molecule has 0 amide bonds. The van der Waals surface area contributed by atoms with Gasteiger partial charge in [0.1, 0.15) is 5.75 Å². The highest BCUT2D eigenvalue weighted by atomic mass is 19.4. The molecule has 0 radical (unpaired) electrons. The summed E-state index contributed by atoms with van der Waals surface area (Å²) in [6.45, 7) is 2.68. The zero-order valence-corrected chi connectivity index (χ0v) is 10.9. The van der Waals surface area contributed by atoms with Gasteiger partial charge < -0.3 is 9.84 Å². The molecule has 1 aromatic rings. The Labute approximate surface area is 111 Å². The lowest BCUT2D eigenvalue weighted by Crippen LogP contribution is -2.10. The Balaban J connectivity index is 2.46. The summed E-state index contributed by atoms with van der Waals surface area (Å²) in [5, 5.41) is 9.65. The van der Waals surface area contributed by atoms with Crippen LogP contribution >= 0.6 is 0 Å². The van der Waals surface area contributed by atoms with Gasteiger partial charge in [-0.25, -0.2) is 0 Å². The Hall–Kier alpha value is -1.23. The number of benzene rings is 1. The Bertz CT molecular complexity index is 360. The van der Waals surface area contributed by atoms with Crippen LogP contribution in [0.15, 0.2) is 24.3 Å². The van der Waals surface area contributed by atoms with Gasteiger partial charge in [-0.3, -0.25) is 0 Å². The van der Waals surface area contributed by atoms with E-state index in [4.69, 9.17) is 4.74 Å². The Morgan fingerprint density at radius 3 is 2.37 bits per heavy atom. The van der Waals surface area contributed by atoms with Crippen molar-refractivity contribution in [2.75, 3.05) is 6.61 Å². The van der Waals surface area contributed by atoms with E-state index in [0.717, 1.165) is 12.8 Å². The van der Waals surface area contributed by atoms with Crippen LogP contribution in [0.5, 0.6) is 5.75 Å². The molecular formula is C14H19F3O2. The predicted octanol–water partition coefficient (Wildman–Crippen LogP) is 4.24. The summed E-state index contributed by atoms with van der Waals surface area (Å²) in [6, 6.07) is 6.54. The average molecular weight is 276 g/mol. The number of ether oxygens (including phenoxy) is 1. The maximum atomic E-state index is 12.0. The van der Waals surface area contributed by atoms with Crippen LogP contribution in [0.3, 0.4) is 0 Å². The van der Waals surface area contributed by atoms with E-state index in [1.54, 1.807) is 24.3 Å². The molecule has 0 bridgehead atoms. The van der Waals surface area contributed by atoms with E-state index in [2.05, 4.69) is 6.92 Å². The third-order valence-corrected chi connectivity index (χ3v) is 2.73. The normalized spacial score (nSPS) is 13.3. The molecule has 1 unspecified atom stereocenters. The van der Waals surface area contributed by atoms with Crippen LogP contribution in [0.4, 0.5) is 13.2 Å². The van der Waals surface area contributed by atoms with Crippen LogP contribution in [-0.4, -0.2) is 17.9 Å². The van der Waals surface area contributed by atoms with Crippen LogP contribution in [0.2, 0.25) is 0 Å². The summed E-state index contributed by atoms with van der Waals surface area (Å²) >= 11 is 0. The Kier molecular flexibility index (Phi) is 6.15. The van der Waals surface area contributed by atoms with Crippen molar-refractivity contribution in [1.82, 2.24) is 0 Å². The lowest BCUT2D eigenvalue weighted by molar-refractivity contribution is -0.140. The Morgan fingerprint density at radius 2 is 1.84 bits per heavy atom. The SMILES string of the molecule is CCCCOc1ccc(C(O)CCC(F)(F)F)cc1. The van der Waals surface area contributed by atoms with Gasteiger partial charge in [-0.1, -0.05) is 25.5 Å². The first kappa shape index (κ1) is 15.8. The molecule has 0 saturated heterocycles. The van der Waals surface area contributed by atoms with Crippen molar-refractivity contribution in [1.29, 1.82) is 0 Å². The summed E-state index contributed by atoms with van der Waals surface area (Å²) in [6.07, 6.45) is -4.64. The molecule has 0 aromatic heterocycles. The monoisotopic (exact) mass is 276 g/mol. The van der Waals surface area contributed by atoms with E-state index in [1.807, 2.05) is 0 Å². The molecule has 0 spiro atoms. The second-order valence-corrected chi connectivity index (χ2v) is 4.44. The minimum Gasteiger partial charge on any atom is -0.494 e. The lowest BCUT2D eigenvalue weighted by Gasteiger charge is -2.13. The summed E-state index contributed by atoms with van der Waals surface area (Å²) in [7, 11) is 0. The van der Waals surface area contributed by atoms with Gasteiger partial charge in [-0.2, -0.15) is 13.2 Å². The molecule has 1 atom stereocenters. The van der Waals surface area contributed by atoms with Crippen molar-refractivity contribution in [3.63, 3.8) is 0 Å². The molecule has 108 valence electrons. The second kappa shape index (κ2) is 7.38. The van der Waals surface area contributed by atoms with Crippen LogP contribution in [-0.2, 0) is 0 Å². The van der Waals surface area contributed by atoms with E-state index in [1.165, 1.54) is 0 Å². The number of aliphatic hydroxyl groups excluding tert-OH is 1. The summed E-state index contributed by atoms with van der Waals surface area (Å²) in [5.74, 6) is 0.667. The van der Waals surface area contributed by atoms with Crippen molar-refractivity contribution in [2.24, 2.45) is 0 Å². The maximum absolute atomic E-state index is 12.0. The number of alkyl halides is 3. The number of rotatable bonds is 7. The third-order valence-electron chi connectivity index (χ3n) is 2.73. The zero-order valence-electron chi connectivity index (χ0n) is 10.9. The molecule has 2 nitrogen and oxygen atoms in total. The van der Waals surface area contributed by atoms with Gasteiger partial charge >= 0.3 is 6.18 Å². The highest BCUT2D eigenvalue weighted by molar-refractivity contribution is 5.28. The number of unbranched alkanes of at least 4 members (excludes halogenated alkanes) is 1.